The number of nitrogens with two attached hydrogens (primary N) is 1. The van der Waals surface area contributed by atoms with Crippen molar-refractivity contribution in [2.24, 2.45) is 5.90 Å². The van der Waals surface area contributed by atoms with E-state index in [1.165, 1.54) is 19.3 Å². The van der Waals surface area contributed by atoms with Gasteiger partial charge in [-0.05, 0) is 20.0 Å². The third-order valence-electron chi connectivity index (χ3n) is 1.97. The number of carbonyl (C=O) groups excluding carboxylic acids is 1. The van der Waals surface area contributed by atoms with Crippen LogP contribution in [0, 0.1) is 0 Å². The molecule has 0 rings (SSSR count). The predicted octanol–water partition coefficient (Wildman–Crippen LogP) is 0.915. The first-order chi connectivity index (χ1) is 6.20. The van der Waals surface area contributed by atoms with Gasteiger partial charge in [-0.1, -0.05) is 19.8 Å². The molecule has 0 saturated carbocycles. The van der Waals surface area contributed by atoms with Crippen molar-refractivity contribution in [3.05, 3.63) is 0 Å². The second-order valence-electron chi connectivity index (χ2n) is 3.25. The monoisotopic (exact) mass is 188 g/mol. The van der Waals surface area contributed by atoms with Crippen molar-refractivity contribution in [3.63, 3.8) is 0 Å². The van der Waals surface area contributed by atoms with E-state index >= 15 is 0 Å². The van der Waals surface area contributed by atoms with Crippen molar-refractivity contribution in [2.45, 2.75) is 32.6 Å². The summed E-state index contributed by atoms with van der Waals surface area (Å²) in [7, 11) is 2.00. The molecule has 13 heavy (non-hydrogen) atoms. The quantitative estimate of drug-likeness (QED) is 0.476. The minimum Gasteiger partial charge on any atom is -0.373 e. The molecule has 0 atom stereocenters. The van der Waals surface area contributed by atoms with Crippen LogP contribution in [0.5, 0.6) is 0 Å². The molecule has 0 bridgehead atoms. The molecule has 0 fully saturated rings. The van der Waals surface area contributed by atoms with E-state index < -0.39 is 0 Å². The van der Waals surface area contributed by atoms with Crippen molar-refractivity contribution in [1.82, 2.24) is 4.90 Å². The topological polar surface area (TPSA) is 55.6 Å². The van der Waals surface area contributed by atoms with Gasteiger partial charge in [-0.2, -0.15) is 5.90 Å². The lowest BCUT2D eigenvalue weighted by molar-refractivity contribution is -0.144. The van der Waals surface area contributed by atoms with Gasteiger partial charge in [-0.3, -0.25) is 4.79 Å². The molecule has 0 aromatic heterocycles. The first-order valence-electron chi connectivity index (χ1n) is 4.78. The Hall–Kier alpha value is -0.610. The highest BCUT2D eigenvalue weighted by molar-refractivity contribution is 5.69. The molecule has 0 aromatic carbocycles. The number of carbonyl (C=O) groups is 1. The smallest absolute Gasteiger partial charge is 0.325 e. The highest BCUT2D eigenvalue weighted by Gasteiger charge is 2.03. The predicted molar refractivity (Wildman–Crippen MR) is 51.9 cm³/mol. The molecule has 0 aliphatic carbocycles. The van der Waals surface area contributed by atoms with Crippen LogP contribution in [0.2, 0.25) is 0 Å². The molecule has 0 amide bonds. The molecular weight excluding hydrogens is 168 g/mol. The Bertz CT molecular complexity index is 140. The van der Waals surface area contributed by atoms with Crippen molar-refractivity contribution in [2.75, 3.05) is 20.1 Å². The van der Waals surface area contributed by atoms with Gasteiger partial charge in [0.05, 0.1) is 6.42 Å². The van der Waals surface area contributed by atoms with Crippen LogP contribution in [0.4, 0.5) is 0 Å². The molecule has 0 spiro atoms. The van der Waals surface area contributed by atoms with E-state index in [0.717, 1.165) is 13.1 Å². The summed E-state index contributed by atoms with van der Waals surface area (Å²) in [5.74, 6) is 4.37. The first kappa shape index (κ1) is 12.4. The fourth-order valence-electron chi connectivity index (χ4n) is 1.08. The Balaban J connectivity index is 3.29. The van der Waals surface area contributed by atoms with E-state index in [1.54, 1.807) is 0 Å². The van der Waals surface area contributed by atoms with Gasteiger partial charge in [-0.15, -0.1) is 0 Å². The third-order valence-corrected chi connectivity index (χ3v) is 1.97. The molecule has 78 valence electrons. The summed E-state index contributed by atoms with van der Waals surface area (Å²) in [4.78, 5) is 16.9. The van der Waals surface area contributed by atoms with E-state index in [1.807, 2.05) is 7.05 Å². The second kappa shape index (κ2) is 8.01. The molecule has 0 aromatic rings. The summed E-state index contributed by atoms with van der Waals surface area (Å²) < 4.78 is 0. The standard InChI is InChI=1S/C9H20N2O2/c1-3-4-5-7-11(2)8-6-9(12)13-10/h3-8,10H2,1-2H3. The van der Waals surface area contributed by atoms with E-state index in [-0.39, 0.29) is 5.97 Å². The Morgan fingerprint density at radius 3 is 2.62 bits per heavy atom. The summed E-state index contributed by atoms with van der Waals surface area (Å²) in [5, 5.41) is 0. The van der Waals surface area contributed by atoms with Crippen LogP contribution in [0.1, 0.15) is 32.6 Å². The molecule has 0 aliphatic heterocycles. The Kier molecular flexibility index (Phi) is 7.63. The number of hydrogen-bond donors (Lipinski definition) is 1. The zero-order valence-corrected chi connectivity index (χ0v) is 8.58. The summed E-state index contributed by atoms with van der Waals surface area (Å²) in [6, 6.07) is 0. The Labute approximate surface area is 80.0 Å². The van der Waals surface area contributed by atoms with Crippen LogP contribution in [0.3, 0.4) is 0 Å². The fourth-order valence-corrected chi connectivity index (χ4v) is 1.08. The van der Waals surface area contributed by atoms with Gasteiger partial charge in [0.1, 0.15) is 0 Å². The maximum Gasteiger partial charge on any atom is 0.325 e. The van der Waals surface area contributed by atoms with Crippen LogP contribution in [-0.4, -0.2) is 31.0 Å². The van der Waals surface area contributed by atoms with E-state index in [2.05, 4.69) is 16.7 Å². The lowest BCUT2D eigenvalue weighted by atomic mass is 10.2. The molecule has 0 radical (unpaired) electrons. The molecule has 0 saturated heterocycles. The van der Waals surface area contributed by atoms with Crippen molar-refractivity contribution >= 4 is 5.97 Å². The zero-order chi connectivity index (χ0) is 10.1. The van der Waals surface area contributed by atoms with Gasteiger partial charge < -0.3 is 9.74 Å². The van der Waals surface area contributed by atoms with Crippen LogP contribution >= 0.6 is 0 Å². The summed E-state index contributed by atoms with van der Waals surface area (Å²) in [6.07, 6.45) is 4.02. The molecule has 4 heteroatoms. The summed E-state index contributed by atoms with van der Waals surface area (Å²) in [5.41, 5.74) is 0. The van der Waals surface area contributed by atoms with Crippen molar-refractivity contribution < 1.29 is 9.63 Å². The average molecular weight is 188 g/mol. The van der Waals surface area contributed by atoms with Crippen LogP contribution in [0.15, 0.2) is 0 Å². The van der Waals surface area contributed by atoms with Crippen molar-refractivity contribution in [1.29, 1.82) is 0 Å². The number of rotatable bonds is 7. The minimum absolute atomic E-state index is 0.345. The van der Waals surface area contributed by atoms with Crippen LogP contribution in [-0.2, 0) is 9.63 Å². The highest BCUT2D eigenvalue weighted by atomic mass is 16.7. The van der Waals surface area contributed by atoms with Gasteiger partial charge >= 0.3 is 5.97 Å². The van der Waals surface area contributed by atoms with Gasteiger partial charge in [0.25, 0.3) is 0 Å². The Morgan fingerprint density at radius 2 is 2.08 bits per heavy atom. The average Bonchev–Trinajstić information content (AvgIpc) is 2.14. The maximum absolute atomic E-state index is 10.7. The molecule has 0 heterocycles. The zero-order valence-electron chi connectivity index (χ0n) is 8.58. The largest absolute Gasteiger partial charge is 0.373 e. The highest BCUT2D eigenvalue weighted by Crippen LogP contribution is 1.97. The SMILES string of the molecule is CCCCCN(C)CCC(=O)ON. The van der Waals surface area contributed by atoms with Gasteiger partial charge in [0.2, 0.25) is 0 Å². The van der Waals surface area contributed by atoms with E-state index in [9.17, 15) is 4.79 Å². The Morgan fingerprint density at radius 1 is 1.38 bits per heavy atom. The number of unbranched alkanes of at least 4 members (excludes halogenated alkanes) is 2. The van der Waals surface area contributed by atoms with Gasteiger partial charge in [0, 0.05) is 6.54 Å². The molecule has 2 N–H and O–H groups in total. The van der Waals surface area contributed by atoms with Gasteiger partial charge in [-0.25, -0.2) is 0 Å². The normalized spacial score (nSPS) is 10.5. The number of hydrogen-bond acceptors (Lipinski definition) is 4. The number of nitrogens with zero attached hydrogens (tertiary/aromatic N) is 1. The fraction of sp³-hybridized carbons (Fsp3) is 0.889. The second-order valence-corrected chi connectivity index (χ2v) is 3.25. The third kappa shape index (κ3) is 7.74. The lowest BCUT2D eigenvalue weighted by Gasteiger charge is -2.14. The molecular formula is C9H20N2O2. The molecule has 0 aliphatic rings. The van der Waals surface area contributed by atoms with Crippen molar-refractivity contribution in [3.8, 4) is 0 Å². The summed E-state index contributed by atoms with van der Waals surface area (Å²) >= 11 is 0. The first-order valence-corrected chi connectivity index (χ1v) is 4.78. The molecule has 0 unspecified atom stereocenters. The maximum atomic E-state index is 10.7. The van der Waals surface area contributed by atoms with E-state index in [4.69, 9.17) is 5.90 Å². The molecule has 4 nitrogen and oxygen atoms in total. The summed E-state index contributed by atoms with van der Waals surface area (Å²) in [6.45, 7) is 3.93. The van der Waals surface area contributed by atoms with Gasteiger partial charge in [0.15, 0.2) is 0 Å². The lowest BCUT2D eigenvalue weighted by Crippen LogP contribution is -2.24. The van der Waals surface area contributed by atoms with Crippen LogP contribution in [0.25, 0.3) is 0 Å². The minimum atomic E-state index is -0.345. The van der Waals surface area contributed by atoms with Crippen LogP contribution < -0.4 is 5.90 Å². The van der Waals surface area contributed by atoms with E-state index in [0.29, 0.717) is 6.42 Å².